The summed E-state index contributed by atoms with van der Waals surface area (Å²) in [6.07, 6.45) is 7.65. The third-order valence-corrected chi connectivity index (χ3v) is 6.65. The molecule has 26 heavy (non-hydrogen) atoms. The van der Waals surface area contributed by atoms with E-state index in [4.69, 9.17) is 0 Å². The molecular formula is C22H35N3O. The Hall–Kier alpha value is -1.55. The van der Waals surface area contributed by atoms with Gasteiger partial charge in [0.05, 0.1) is 0 Å². The number of nitrogens with zero attached hydrogens (tertiary/aromatic N) is 1. The summed E-state index contributed by atoms with van der Waals surface area (Å²) < 4.78 is 0. The number of likely N-dealkylation sites (tertiary alicyclic amines) is 1. The van der Waals surface area contributed by atoms with E-state index in [-0.39, 0.29) is 17.5 Å². The maximum Gasteiger partial charge on any atom is 0.315 e. The van der Waals surface area contributed by atoms with Crippen LogP contribution in [-0.4, -0.2) is 42.1 Å². The molecule has 4 nitrogen and oxygen atoms in total. The fourth-order valence-corrected chi connectivity index (χ4v) is 4.40. The second-order valence-corrected chi connectivity index (χ2v) is 8.68. The molecule has 2 fully saturated rings. The summed E-state index contributed by atoms with van der Waals surface area (Å²) in [5.41, 5.74) is 1.14. The number of carbonyl (C=O) groups is 1. The van der Waals surface area contributed by atoms with Crippen LogP contribution in [0, 0.1) is 0 Å². The maximum absolute atomic E-state index is 12.5. The van der Waals surface area contributed by atoms with E-state index in [2.05, 4.69) is 60.6 Å². The van der Waals surface area contributed by atoms with E-state index >= 15 is 0 Å². The van der Waals surface area contributed by atoms with Gasteiger partial charge in [-0.2, -0.15) is 0 Å². The fourth-order valence-electron chi connectivity index (χ4n) is 4.40. The third-order valence-electron chi connectivity index (χ3n) is 6.65. The summed E-state index contributed by atoms with van der Waals surface area (Å²) in [7, 11) is 0. The Morgan fingerprint density at radius 1 is 1.08 bits per heavy atom. The highest BCUT2D eigenvalue weighted by Crippen LogP contribution is 2.27. The van der Waals surface area contributed by atoms with Crippen molar-refractivity contribution >= 4 is 6.03 Å². The van der Waals surface area contributed by atoms with Crippen molar-refractivity contribution in [3.05, 3.63) is 35.9 Å². The Kier molecular flexibility index (Phi) is 6.23. The van der Waals surface area contributed by atoms with E-state index in [1.165, 1.54) is 31.2 Å². The SMILES string of the molecule is CC(NC(=O)NC1CCN(C2CCCC2)CC1)C(C)(C)c1ccccc1. The molecular weight excluding hydrogens is 322 g/mol. The minimum absolute atomic E-state index is 0.0270. The molecule has 3 rings (SSSR count). The smallest absolute Gasteiger partial charge is 0.315 e. The molecule has 0 aromatic heterocycles. The Labute approximate surface area is 158 Å². The second kappa shape index (κ2) is 8.43. The number of benzene rings is 1. The van der Waals surface area contributed by atoms with Gasteiger partial charge in [-0.25, -0.2) is 4.79 Å². The van der Waals surface area contributed by atoms with Crippen molar-refractivity contribution in [2.24, 2.45) is 0 Å². The lowest BCUT2D eigenvalue weighted by molar-refractivity contribution is 0.145. The first-order valence-electron chi connectivity index (χ1n) is 10.3. The molecule has 1 unspecified atom stereocenters. The summed E-state index contributed by atoms with van der Waals surface area (Å²) in [5, 5.41) is 6.38. The first kappa shape index (κ1) is 19.2. The largest absolute Gasteiger partial charge is 0.335 e. The van der Waals surface area contributed by atoms with Gasteiger partial charge in [0.1, 0.15) is 0 Å². The van der Waals surface area contributed by atoms with Crippen molar-refractivity contribution in [1.82, 2.24) is 15.5 Å². The fraction of sp³-hybridized carbons (Fsp3) is 0.682. The van der Waals surface area contributed by atoms with Crippen molar-refractivity contribution in [2.75, 3.05) is 13.1 Å². The predicted molar refractivity (Wildman–Crippen MR) is 107 cm³/mol. The quantitative estimate of drug-likeness (QED) is 0.835. The zero-order valence-electron chi connectivity index (χ0n) is 16.6. The minimum Gasteiger partial charge on any atom is -0.335 e. The molecule has 144 valence electrons. The molecule has 1 aliphatic carbocycles. The number of urea groups is 1. The van der Waals surface area contributed by atoms with E-state index in [1.54, 1.807) is 0 Å². The Bertz CT molecular complexity index is 572. The van der Waals surface area contributed by atoms with E-state index in [0.29, 0.717) is 6.04 Å². The summed E-state index contributed by atoms with van der Waals surface area (Å²) in [6, 6.07) is 11.6. The predicted octanol–water partition coefficient (Wildman–Crippen LogP) is 4.06. The van der Waals surface area contributed by atoms with Crippen molar-refractivity contribution in [1.29, 1.82) is 0 Å². The van der Waals surface area contributed by atoms with E-state index < -0.39 is 0 Å². The molecule has 1 aliphatic heterocycles. The van der Waals surface area contributed by atoms with E-state index in [1.807, 2.05) is 6.07 Å². The van der Waals surface area contributed by atoms with Crippen molar-refractivity contribution in [2.45, 2.75) is 82.8 Å². The number of piperidine rings is 1. The molecule has 0 spiro atoms. The molecule has 2 aliphatic rings. The Balaban J connectivity index is 1.45. The number of carbonyl (C=O) groups excluding carboxylic acids is 1. The van der Waals surface area contributed by atoms with Crippen LogP contribution in [0.3, 0.4) is 0 Å². The highest BCUT2D eigenvalue weighted by atomic mass is 16.2. The summed E-state index contributed by atoms with van der Waals surface area (Å²) >= 11 is 0. The van der Waals surface area contributed by atoms with Gasteiger partial charge in [0.25, 0.3) is 0 Å². The average Bonchev–Trinajstić information content (AvgIpc) is 3.17. The van der Waals surface area contributed by atoms with Crippen molar-refractivity contribution in [3.8, 4) is 0 Å². The Morgan fingerprint density at radius 2 is 1.69 bits per heavy atom. The van der Waals surface area contributed by atoms with Crippen LogP contribution in [0.1, 0.15) is 64.9 Å². The highest BCUT2D eigenvalue weighted by molar-refractivity contribution is 5.74. The van der Waals surface area contributed by atoms with Crippen LogP contribution < -0.4 is 10.6 Å². The molecule has 1 heterocycles. The average molecular weight is 358 g/mol. The van der Waals surface area contributed by atoms with Crippen LogP contribution in [0.2, 0.25) is 0 Å². The van der Waals surface area contributed by atoms with Crippen LogP contribution in [0.5, 0.6) is 0 Å². The lowest BCUT2D eigenvalue weighted by Crippen LogP contribution is -2.53. The zero-order chi connectivity index (χ0) is 18.6. The summed E-state index contributed by atoms with van der Waals surface area (Å²) in [5.74, 6) is 0. The van der Waals surface area contributed by atoms with Crippen LogP contribution >= 0.6 is 0 Å². The zero-order valence-corrected chi connectivity index (χ0v) is 16.6. The first-order chi connectivity index (χ1) is 12.5. The number of hydrogen-bond acceptors (Lipinski definition) is 2. The summed E-state index contributed by atoms with van der Waals surface area (Å²) in [6.45, 7) is 8.72. The molecule has 1 saturated carbocycles. The van der Waals surface area contributed by atoms with Gasteiger partial charge >= 0.3 is 6.03 Å². The van der Waals surface area contributed by atoms with Gasteiger partial charge in [0, 0.05) is 36.6 Å². The first-order valence-corrected chi connectivity index (χ1v) is 10.3. The lowest BCUT2D eigenvalue weighted by Gasteiger charge is -2.37. The van der Waals surface area contributed by atoms with Gasteiger partial charge in [-0.1, -0.05) is 57.0 Å². The normalized spacial score (nSPS) is 21.5. The van der Waals surface area contributed by atoms with Gasteiger partial charge in [-0.3, -0.25) is 0 Å². The van der Waals surface area contributed by atoms with Crippen LogP contribution in [0.25, 0.3) is 0 Å². The van der Waals surface area contributed by atoms with Gasteiger partial charge in [0.2, 0.25) is 0 Å². The molecule has 1 atom stereocenters. The minimum atomic E-state index is -0.107. The Morgan fingerprint density at radius 3 is 2.31 bits per heavy atom. The van der Waals surface area contributed by atoms with Crippen LogP contribution in [-0.2, 0) is 5.41 Å². The molecule has 4 heteroatoms. The third kappa shape index (κ3) is 4.59. The monoisotopic (exact) mass is 357 g/mol. The molecule has 1 saturated heterocycles. The highest BCUT2D eigenvalue weighted by Gasteiger charge is 2.31. The second-order valence-electron chi connectivity index (χ2n) is 8.68. The molecule has 2 amide bonds. The molecule has 1 aromatic rings. The maximum atomic E-state index is 12.5. The van der Waals surface area contributed by atoms with Crippen molar-refractivity contribution < 1.29 is 4.79 Å². The molecule has 2 N–H and O–H groups in total. The van der Waals surface area contributed by atoms with Gasteiger partial charge < -0.3 is 15.5 Å². The van der Waals surface area contributed by atoms with Gasteiger partial charge in [-0.05, 0) is 38.2 Å². The number of rotatable bonds is 5. The number of hydrogen-bond donors (Lipinski definition) is 2. The van der Waals surface area contributed by atoms with Crippen LogP contribution in [0.4, 0.5) is 4.79 Å². The molecule has 0 bridgehead atoms. The van der Waals surface area contributed by atoms with E-state index in [0.717, 1.165) is 32.0 Å². The molecule has 1 aromatic carbocycles. The lowest BCUT2D eigenvalue weighted by atomic mass is 9.78. The van der Waals surface area contributed by atoms with E-state index in [9.17, 15) is 4.79 Å². The number of amides is 2. The van der Waals surface area contributed by atoms with Gasteiger partial charge in [-0.15, -0.1) is 0 Å². The summed E-state index contributed by atoms with van der Waals surface area (Å²) in [4.78, 5) is 15.1. The number of nitrogens with one attached hydrogen (secondary N) is 2. The topological polar surface area (TPSA) is 44.4 Å². The van der Waals surface area contributed by atoms with Gasteiger partial charge in [0.15, 0.2) is 0 Å². The molecule has 0 radical (unpaired) electrons. The van der Waals surface area contributed by atoms with Crippen molar-refractivity contribution in [3.63, 3.8) is 0 Å². The standard InChI is InChI=1S/C22H35N3O/c1-17(22(2,3)18-9-5-4-6-10-18)23-21(26)24-19-13-15-25(16-14-19)20-11-7-8-12-20/h4-6,9-10,17,19-20H,7-8,11-16H2,1-3H3,(H2,23,24,26). The van der Waals surface area contributed by atoms with Crippen LogP contribution in [0.15, 0.2) is 30.3 Å².